The number of esters is 3. The molecule has 15 nitrogen and oxygen atoms in total. The standard InChI is InChI=1S/C31H25N9O6/c41-28(44-19-22-10-4-1-5-11-22)25-16-38(35-32-25)31(39-17-26(33-36-39)29(42)45-20-23-12-6-2-7-13-23)40-18-27(34-37-40)30(43)46-21-24-14-8-3-9-15-24/h1-18,31H,19-21H2. The average molecular weight is 620 g/mol. The maximum atomic E-state index is 12.8. The highest BCUT2D eigenvalue weighted by molar-refractivity contribution is 5.87. The fourth-order valence-corrected chi connectivity index (χ4v) is 4.20. The summed E-state index contributed by atoms with van der Waals surface area (Å²) in [6, 6.07) is 27.5. The summed E-state index contributed by atoms with van der Waals surface area (Å²) >= 11 is 0. The van der Waals surface area contributed by atoms with Crippen molar-refractivity contribution < 1.29 is 28.6 Å². The Labute approximate surface area is 260 Å². The molecule has 0 fully saturated rings. The number of carbonyl (C=O) groups is 3. The molecule has 0 saturated heterocycles. The Morgan fingerprint density at radius 3 is 1.04 bits per heavy atom. The Morgan fingerprint density at radius 1 is 0.478 bits per heavy atom. The van der Waals surface area contributed by atoms with E-state index < -0.39 is 24.2 Å². The van der Waals surface area contributed by atoms with Gasteiger partial charge in [0.1, 0.15) is 19.8 Å². The first-order valence-electron chi connectivity index (χ1n) is 13.9. The van der Waals surface area contributed by atoms with E-state index in [0.29, 0.717) is 0 Å². The van der Waals surface area contributed by atoms with E-state index in [-0.39, 0.29) is 36.9 Å². The molecule has 0 atom stereocenters. The van der Waals surface area contributed by atoms with Gasteiger partial charge in [0.05, 0.1) is 18.6 Å². The Bertz CT molecular complexity index is 1700. The lowest BCUT2D eigenvalue weighted by Gasteiger charge is -2.16. The lowest BCUT2D eigenvalue weighted by Crippen LogP contribution is -2.27. The summed E-state index contributed by atoms with van der Waals surface area (Å²) in [5.74, 6) is -2.16. The Morgan fingerprint density at radius 2 is 0.761 bits per heavy atom. The van der Waals surface area contributed by atoms with Crippen molar-refractivity contribution in [1.29, 1.82) is 0 Å². The van der Waals surface area contributed by atoms with Crippen LogP contribution in [0.15, 0.2) is 110 Å². The van der Waals surface area contributed by atoms with Gasteiger partial charge >= 0.3 is 17.9 Å². The molecule has 0 amide bonds. The van der Waals surface area contributed by atoms with Gasteiger partial charge in [-0.1, -0.05) is 107 Å². The van der Waals surface area contributed by atoms with E-state index >= 15 is 0 Å². The number of benzene rings is 3. The summed E-state index contributed by atoms with van der Waals surface area (Å²) in [6.07, 6.45) is 2.78. The molecule has 0 aliphatic heterocycles. The van der Waals surface area contributed by atoms with E-state index in [2.05, 4.69) is 30.9 Å². The van der Waals surface area contributed by atoms with Gasteiger partial charge in [-0.15, -0.1) is 15.3 Å². The average Bonchev–Trinajstić information content (AvgIpc) is 3.90. The second kappa shape index (κ2) is 13.9. The van der Waals surface area contributed by atoms with Crippen LogP contribution in [0.25, 0.3) is 0 Å². The van der Waals surface area contributed by atoms with Gasteiger partial charge in [-0.3, -0.25) is 0 Å². The van der Waals surface area contributed by atoms with Gasteiger partial charge in [0.15, 0.2) is 17.1 Å². The van der Waals surface area contributed by atoms with Crippen LogP contribution in [0.3, 0.4) is 0 Å². The smallest absolute Gasteiger partial charge is 0.360 e. The SMILES string of the molecule is O=C(OCc1ccccc1)c1cn(C(n2cc(C(=O)OCc3ccccc3)nn2)n2cc(C(=O)OCc3ccccc3)nn2)nn1. The van der Waals surface area contributed by atoms with Crippen LogP contribution in [0.5, 0.6) is 0 Å². The molecule has 0 aliphatic rings. The van der Waals surface area contributed by atoms with Crippen LogP contribution in [-0.4, -0.2) is 62.9 Å². The quantitative estimate of drug-likeness (QED) is 0.145. The summed E-state index contributed by atoms with van der Waals surface area (Å²) in [7, 11) is 0. The third kappa shape index (κ3) is 7.16. The van der Waals surface area contributed by atoms with Crippen LogP contribution in [0.4, 0.5) is 0 Å². The minimum absolute atomic E-state index is 0.0328. The van der Waals surface area contributed by atoms with Gasteiger partial charge in [-0.05, 0) is 16.7 Å². The van der Waals surface area contributed by atoms with Crippen molar-refractivity contribution in [2.75, 3.05) is 0 Å². The summed E-state index contributed by atoms with van der Waals surface area (Å²) in [4.78, 5) is 38.3. The molecular weight excluding hydrogens is 594 g/mol. The molecule has 0 radical (unpaired) electrons. The number of hydrogen-bond acceptors (Lipinski definition) is 12. The van der Waals surface area contributed by atoms with Crippen molar-refractivity contribution >= 4 is 17.9 Å². The Hall–Kier alpha value is -6.51. The molecule has 0 bridgehead atoms. The van der Waals surface area contributed by atoms with Gasteiger partial charge in [0.2, 0.25) is 6.29 Å². The zero-order valence-corrected chi connectivity index (χ0v) is 24.1. The summed E-state index contributed by atoms with van der Waals surface area (Å²) < 4.78 is 19.8. The van der Waals surface area contributed by atoms with Crippen LogP contribution < -0.4 is 0 Å². The van der Waals surface area contributed by atoms with E-state index in [1.165, 1.54) is 32.6 Å². The molecule has 15 heteroatoms. The summed E-state index contributed by atoms with van der Waals surface area (Å²) in [6.45, 7) is 0.0983. The molecular formula is C31H25N9O6. The van der Waals surface area contributed by atoms with Crippen LogP contribution in [0.1, 0.15) is 54.4 Å². The number of ether oxygens (including phenoxy) is 3. The monoisotopic (exact) mass is 619 g/mol. The van der Waals surface area contributed by atoms with Crippen LogP contribution >= 0.6 is 0 Å². The maximum absolute atomic E-state index is 12.8. The van der Waals surface area contributed by atoms with Crippen molar-refractivity contribution in [3.63, 3.8) is 0 Å². The summed E-state index contributed by atoms with van der Waals surface area (Å²) in [5, 5.41) is 24.0. The molecule has 0 N–H and O–H groups in total. The van der Waals surface area contributed by atoms with E-state index in [9.17, 15) is 14.4 Å². The zero-order valence-electron chi connectivity index (χ0n) is 24.1. The van der Waals surface area contributed by atoms with Crippen molar-refractivity contribution in [2.24, 2.45) is 0 Å². The lowest BCUT2D eigenvalue weighted by molar-refractivity contribution is 0.0457. The highest BCUT2D eigenvalue weighted by Gasteiger charge is 2.26. The minimum atomic E-state index is -1.14. The molecule has 3 heterocycles. The Kier molecular flexibility index (Phi) is 8.90. The van der Waals surface area contributed by atoms with E-state index in [0.717, 1.165) is 16.7 Å². The number of rotatable bonds is 12. The molecule has 46 heavy (non-hydrogen) atoms. The predicted octanol–water partition coefficient (Wildman–Crippen LogP) is 3.08. The molecule has 0 unspecified atom stereocenters. The lowest BCUT2D eigenvalue weighted by atomic mass is 10.2. The maximum Gasteiger partial charge on any atom is 0.360 e. The molecule has 0 spiro atoms. The fourth-order valence-electron chi connectivity index (χ4n) is 4.20. The second-order valence-corrected chi connectivity index (χ2v) is 9.78. The number of hydrogen-bond donors (Lipinski definition) is 0. The Balaban J connectivity index is 1.22. The van der Waals surface area contributed by atoms with E-state index in [4.69, 9.17) is 14.2 Å². The highest BCUT2D eigenvalue weighted by atomic mass is 16.5. The molecule has 6 rings (SSSR count). The van der Waals surface area contributed by atoms with Gasteiger partial charge in [0.25, 0.3) is 0 Å². The van der Waals surface area contributed by atoms with Crippen molar-refractivity contribution in [3.8, 4) is 0 Å². The first kappa shape index (κ1) is 29.6. The van der Waals surface area contributed by atoms with Gasteiger partial charge < -0.3 is 14.2 Å². The number of aromatic nitrogens is 9. The number of carbonyl (C=O) groups excluding carboxylic acids is 3. The van der Waals surface area contributed by atoms with Gasteiger partial charge in [0, 0.05) is 0 Å². The third-order valence-corrected chi connectivity index (χ3v) is 6.51. The van der Waals surface area contributed by atoms with Crippen LogP contribution in [0.2, 0.25) is 0 Å². The van der Waals surface area contributed by atoms with Gasteiger partial charge in [-0.2, -0.15) is 0 Å². The van der Waals surface area contributed by atoms with E-state index in [1.54, 1.807) is 0 Å². The molecule has 0 aliphatic carbocycles. The van der Waals surface area contributed by atoms with E-state index in [1.807, 2.05) is 91.0 Å². The molecule has 230 valence electrons. The molecule has 3 aromatic carbocycles. The predicted molar refractivity (Wildman–Crippen MR) is 157 cm³/mol. The largest absolute Gasteiger partial charge is 0.456 e. The first-order valence-corrected chi connectivity index (χ1v) is 13.9. The van der Waals surface area contributed by atoms with Crippen molar-refractivity contribution in [1.82, 2.24) is 45.0 Å². The van der Waals surface area contributed by atoms with Crippen LogP contribution in [-0.2, 0) is 34.0 Å². The zero-order chi connectivity index (χ0) is 31.7. The fraction of sp³-hybridized carbons (Fsp3) is 0.129. The molecule has 0 saturated carbocycles. The third-order valence-electron chi connectivity index (χ3n) is 6.51. The van der Waals surface area contributed by atoms with Crippen LogP contribution in [0, 0.1) is 0 Å². The molecule has 6 aromatic rings. The number of nitrogens with zero attached hydrogens (tertiary/aromatic N) is 9. The first-order chi connectivity index (χ1) is 22.5. The normalized spacial score (nSPS) is 10.9. The highest BCUT2D eigenvalue weighted by Crippen LogP contribution is 2.15. The van der Waals surface area contributed by atoms with Crippen molar-refractivity contribution in [2.45, 2.75) is 26.1 Å². The van der Waals surface area contributed by atoms with Gasteiger partial charge in [-0.25, -0.2) is 28.4 Å². The summed E-state index contributed by atoms with van der Waals surface area (Å²) in [5.41, 5.74) is 2.07. The topological polar surface area (TPSA) is 171 Å². The minimum Gasteiger partial charge on any atom is -0.456 e. The second-order valence-electron chi connectivity index (χ2n) is 9.78. The molecule has 3 aromatic heterocycles. The van der Waals surface area contributed by atoms with Crippen molar-refractivity contribution in [3.05, 3.63) is 143 Å².